The first-order valence-corrected chi connectivity index (χ1v) is 9.66. The number of sulfonamides is 1. The molecule has 0 spiro atoms. The topological polar surface area (TPSA) is 69.7 Å². The van der Waals surface area contributed by atoms with Crippen LogP contribution in [0.5, 0.6) is 0 Å². The number of amides is 1. The average Bonchev–Trinajstić information content (AvgIpc) is 2.86. The molecular weight excluding hydrogens is 290 g/mol. The first-order chi connectivity index (χ1) is 10.0. The Kier molecular flexibility index (Phi) is 6.01. The second-order valence-corrected chi connectivity index (χ2v) is 8.02. The van der Waals surface area contributed by atoms with E-state index >= 15 is 0 Å². The van der Waals surface area contributed by atoms with E-state index in [1.54, 1.807) is 6.92 Å². The number of carbonyl (C=O) groups excluding carboxylic acids is 1. The molecule has 2 aliphatic heterocycles. The molecule has 21 heavy (non-hydrogen) atoms. The fraction of sp³-hybridized carbons (Fsp3) is 0.929. The Labute approximate surface area is 127 Å². The van der Waals surface area contributed by atoms with E-state index in [1.165, 1.54) is 6.42 Å². The van der Waals surface area contributed by atoms with Gasteiger partial charge < -0.3 is 4.90 Å². The van der Waals surface area contributed by atoms with Crippen molar-refractivity contribution in [3.63, 3.8) is 0 Å². The second kappa shape index (κ2) is 7.56. The van der Waals surface area contributed by atoms with Gasteiger partial charge in [0, 0.05) is 38.6 Å². The summed E-state index contributed by atoms with van der Waals surface area (Å²) < 4.78 is 25.6. The van der Waals surface area contributed by atoms with Gasteiger partial charge in [-0.25, -0.2) is 13.1 Å². The lowest BCUT2D eigenvalue weighted by molar-refractivity contribution is -0.128. The summed E-state index contributed by atoms with van der Waals surface area (Å²) in [4.78, 5) is 16.1. The lowest BCUT2D eigenvalue weighted by Gasteiger charge is -2.37. The maximum atomic E-state index is 11.8. The average molecular weight is 317 g/mol. The second-order valence-electron chi connectivity index (χ2n) is 5.93. The predicted molar refractivity (Wildman–Crippen MR) is 82.5 cm³/mol. The molecule has 0 aromatic heterocycles. The fourth-order valence-corrected chi connectivity index (χ4v) is 3.77. The van der Waals surface area contributed by atoms with E-state index in [0.29, 0.717) is 19.0 Å². The van der Waals surface area contributed by atoms with E-state index in [4.69, 9.17) is 0 Å². The van der Waals surface area contributed by atoms with Crippen LogP contribution in [0.25, 0.3) is 0 Å². The summed E-state index contributed by atoms with van der Waals surface area (Å²) in [5.41, 5.74) is 0. The number of carbonyl (C=O) groups is 1. The summed E-state index contributed by atoms with van der Waals surface area (Å²) in [5.74, 6) is 0.394. The highest BCUT2D eigenvalue weighted by atomic mass is 32.2. The maximum absolute atomic E-state index is 11.8. The lowest BCUT2D eigenvalue weighted by Crippen LogP contribution is -2.49. The van der Waals surface area contributed by atoms with Gasteiger partial charge in [-0.15, -0.1) is 0 Å². The number of nitrogens with one attached hydrogen (secondary N) is 1. The van der Waals surface area contributed by atoms with Crippen molar-refractivity contribution < 1.29 is 13.2 Å². The monoisotopic (exact) mass is 317 g/mol. The van der Waals surface area contributed by atoms with Crippen molar-refractivity contribution in [2.24, 2.45) is 0 Å². The summed E-state index contributed by atoms with van der Waals surface area (Å²) in [6, 6.07) is 0.381. The van der Waals surface area contributed by atoms with Crippen molar-refractivity contribution >= 4 is 15.9 Å². The molecule has 1 unspecified atom stereocenters. The van der Waals surface area contributed by atoms with Crippen LogP contribution in [0, 0.1) is 0 Å². The van der Waals surface area contributed by atoms with Gasteiger partial charge in [0.15, 0.2) is 0 Å². The molecule has 2 rings (SSSR count). The molecule has 0 aromatic rings. The molecule has 0 aromatic carbocycles. The standard InChI is InChI=1S/C14H27N3O3S/c1-2-21(19,20)15-8-11-16-9-4-3-6-13(16)12-17-10-5-7-14(17)18/h13,15H,2-12H2,1H3. The van der Waals surface area contributed by atoms with Crippen LogP contribution in [0.2, 0.25) is 0 Å². The minimum Gasteiger partial charge on any atom is -0.341 e. The molecule has 7 heteroatoms. The number of likely N-dealkylation sites (tertiary alicyclic amines) is 2. The van der Waals surface area contributed by atoms with Gasteiger partial charge in [-0.2, -0.15) is 0 Å². The van der Waals surface area contributed by atoms with Crippen LogP contribution in [0.4, 0.5) is 0 Å². The third-order valence-corrected chi connectivity index (χ3v) is 5.86. The van der Waals surface area contributed by atoms with E-state index in [0.717, 1.165) is 45.4 Å². The van der Waals surface area contributed by atoms with Crippen molar-refractivity contribution in [3.05, 3.63) is 0 Å². The van der Waals surface area contributed by atoms with Gasteiger partial charge >= 0.3 is 0 Å². The Hall–Kier alpha value is -0.660. The molecule has 1 amide bonds. The van der Waals surface area contributed by atoms with E-state index in [-0.39, 0.29) is 11.7 Å². The molecular formula is C14H27N3O3S. The quantitative estimate of drug-likeness (QED) is 0.738. The molecule has 2 heterocycles. The highest BCUT2D eigenvalue weighted by Gasteiger charge is 2.28. The summed E-state index contributed by atoms with van der Waals surface area (Å²) in [6.07, 6.45) is 5.12. The van der Waals surface area contributed by atoms with Crippen LogP contribution in [-0.2, 0) is 14.8 Å². The minimum atomic E-state index is -3.11. The first kappa shape index (κ1) is 16.7. The predicted octanol–water partition coefficient (Wildman–Crippen LogP) is 0.403. The Morgan fingerprint density at radius 3 is 2.71 bits per heavy atom. The van der Waals surface area contributed by atoms with Gasteiger partial charge in [-0.1, -0.05) is 6.42 Å². The van der Waals surface area contributed by atoms with E-state index in [1.807, 2.05) is 4.90 Å². The number of nitrogens with zero attached hydrogens (tertiary/aromatic N) is 2. The number of rotatable bonds is 7. The van der Waals surface area contributed by atoms with Gasteiger partial charge in [0.2, 0.25) is 15.9 Å². The molecule has 0 radical (unpaired) electrons. The summed E-state index contributed by atoms with van der Waals surface area (Å²) in [6.45, 7) is 5.52. The van der Waals surface area contributed by atoms with Crippen LogP contribution in [0.15, 0.2) is 0 Å². The highest BCUT2D eigenvalue weighted by Crippen LogP contribution is 2.20. The molecule has 0 aliphatic carbocycles. The Bertz CT molecular complexity index is 452. The zero-order valence-electron chi connectivity index (χ0n) is 12.9. The first-order valence-electron chi connectivity index (χ1n) is 8.01. The number of hydrogen-bond acceptors (Lipinski definition) is 4. The smallest absolute Gasteiger partial charge is 0.222 e. The third kappa shape index (κ3) is 4.93. The van der Waals surface area contributed by atoms with E-state index < -0.39 is 10.0 Å². The van der Waals surface area contributed by atoms with Gasteiger partial charge in [-0.3, -0.25) is 9.69 Å². The molecule has 1 atom stereocenters. The van der Waals surface area contributed by atoms with Crippen LogP contribution < -0.4 is 4.72 Å². The van der Waals surface area contributed by atoms with Crippen LogP contribution >= 0.6 is 0 Å². The van der Waals surface area contributed by atoms with Gasteiger partial charge in [0.05, 0.1) is 5.75 Å². The zero-order valence-corrected chi connectivity index (χ0v) is 13.7. The minimum absolute atomic E-state index is 0.124. The lowest BCUT2D eigenvalue weighted by atomic mass is 10.0. The Morgan fingerprint density at radius 1 is 1.24 bits per heavy atom. The van der Waals surface area contributed by atoms with Crippen molar-refractivity contribution in [1.29, 1.82) is 0 Å². The molecule has 2 aliphatic rings. The highest BCUT2D eigenvalue weighted by molar-refractivity contribution is 7.89. The normalized spacial score (nSPS) is 24.7. The van der Waals surface area contributed by atoms with Crippen molar-refractivity contribution in [1.82, 2.24) is 14.5 Å². The van der Waals surface area contributed by atoms with Crippen LogP contribution in [0.1, 0.15) is 39.0 Å². The third-order valence-electron chi connectivity index (χ3n) is 4.45. The molecule has 6 nitrogen and oxygen atoms in total. The zero-order chi connectivity index (χ0) is 15.3. The molecule has 2 saturated heterocycles. The molecule has 1 N–H and O–H groups in total. The summed E-state index contributed by atoms with van der Waals surface area (Å²) in [5, 5.41) is 0. The number of hydrogen-bond donors (Lipinski definition) is 1. The fourth-order valence-electron chi connectivity index (χ4n) is 3.16. The van der Waals surface area contributed by atoms with Crippen molar-refractivity contribution in [2.75, 3.05) is 38.5 Å². The van der Waals surface area contributed by atoms with Gasteiger partial charge in [0.1, 0.15) is 0 Å². The number of piperidine rings is 1. The molecule has 2 fully saturated rings. The Morgan fingerprint density at radius 2 is 2.05 bits per heavy atom. The van der Waals surface area contributed by atoms with Gasteiger partial charge in [-0.05, 0) is 32.7 Å². The van der Waals surface area contributed by atoms with Crippen LogP contribution in [-0.4, -0.2) is 68.6 Å². The van der Waals surface area contributed by atoms with Crippen LogP contribution in [0.3, 0.4) is 0 Å². The summed E-state index contributed by atoms with van der Waals surface area (Å²) >= 11 is 0. The van der Waals surface area contributed by atoms with Crippen molar-refractivity contribution in [2.45, 2.75) is 45.1 Å². The molecule has 0 saturated carbocycles. The van der Waals surface area contributed by atoms with Gasteiger partial charge in [0.25, 0.3) is 0 Å². The Balaban J connectivity index is 1.82. The maximum Gasteiger partial charge on any atom is 0.222 e. The summed E-state index contributed by atoms with van der Waals surface area (Å²) in [7, 11) is -3.11. The van der Waals surface area contributed by atoms with Crippen molar-refractivity contribution in [3.8, 4) is 0 Å². The van der Waals surface area contributed by atoms with E-state index in [9.17, 15) is 13.2 Å². The molecule has 122 valence electrons. The molecule has 0 bridgehead atoms. The van der Waals surface area contributed by atoms with E-state index in [2.05, 4.69) is 9.62 Å². The SMILES string of the molecule is CCS(=O)(=O)NCCN1CCCCC1CN1CCCC1=O. The largest absolute Gasteiger partial charge is 0.341 e.